The fourth-order valence-corrected chi connectivity index (χ4v) is 2.31. The minimum atomic E-state index is -4.30. The van der Waals surface area contributed by atoms with Crippen molar-refractivity contribution >= 4 is 0 Å². The highest BCUT2D eigenvalue weighted by Crippen LogP contribution is 2.33. The molecule has 2 rings (SSSR count). The second kappa shape index (κ2) is 6.45. The largest absolute Gasteiger partial charge is 0.493 e. The second-order valence-corrected chi connectivity index (χ2v) is 4.67. The van der Waals surface area contributed by atoms with Crippen molar-refractivity contribution in [1.82, 2.24) is 5.32 Å². The zero-order valence-corrected chi connectivity index (χ0v) is 11.3. The van der Waals surface area contributed by atoms with E-state index in [2.05, 4.69) is 5.32 Å². The van der Waals surface area contributed by atoms with Gasteiger partial charge in [-0.05, 0) is 12.1 Å². The van der Waals surface area contributed by atoms with Gasteiger partial charge in [0, 0.05) is 12.0 Å². The number of hydrogen-bond acceptors (Lipinski definition) is 3. The molecule has 1 unspecified atom stereocenters. The Kier molecular flexibility index (Phi) is 4.88. The number of ether oxygens (including phenoxy) is 2. The highest BCUT2D eigenvalue weighted by Gasteiger charge is 2.29. The van der Waals surface area contributed by atoms with E-state index in [1.807, 2.05) is 25.1 Å². The van der Waals surface area contributed by atoms with Crippen LogP contribution in [0.3, 0.4) is 0 Å². The van der Waals surface area contributed by atoms with Crippen molar-refractivity contribution in [3.05, 3.63) is 29.3 Å². The molecule has 0 spiro atoms. The first-order chi connectivity index (χ1) is 9.51. The van der Waals surface area contributed by atoms with Crippen LogP contribution in [0.15, 0.2) is 18.2 Å². The molecule has 3 nitrogen and oxygen atoms in total. The third-order valence-corrected chi connectivity index (χ3v) is 3.12. The Bertz CT molecular complexity index is 449. The van der Waals surface area contributed by atoms with Gasteiger partial charge >= 0.3 is 6.18 Å². The summed E-state index contributed by atoms with van der Waals surface area (Å²) in [5.74, 6) is 0.786. The molecule has 0 saturated carbocycles. The van der Waals surface area contributed by atoms with Gasteiger partial charge in [0.15, 0.2) is 0 Å². The van der Waals surface area contributed by atoms with E-state index in [4.69, 9.17) is 9.47 Å². The number of halogens is 3. The van der Waals surface area contributed by atoms with Gasteiger partial charge < -0.3 is 14.8 Å². The molecule has 1 aromatic carbocycles. The quantitative estimate of drug-likeness (QED) is 0.873. The van der Waals surface area contributed by atoms with E-state index in [0.29, 0.717) is 13.2 Å². The number of hydrogen-bond donors (Lipinski definition) is 1. The van der Waals surface area contributed by atoms with E-state index in [1.54, 1.807) is 0 Å². The number of fused-ring (bicyclic) bond motifs is 1. The number of alkyl halides is 3. The first kappa shape index (κ1) is 15.1. The minimum absolute atomic E-state index is 0.0346. The first-order valence-electron chi connectivity index (χ1n) is 6.63. The van der Waals surface area contributed by atoms with E-state index < -0.39 is 12.8 Å². The molecule has 1 aliphatic heterocycles. The predicted octanol–water partition coefficient (Wildman–Crippen LogP) is 2.85. The van der Waals surface area contributed by atoms with Crippen LogP contribution in [0, 0.1) is 0 Å². The topological polar surface area (TPSA) is 30.5 Å². The van der Waals surface area contributed by atoms with Gasteiger partial charge in [-0.2, -0.15) is 13.2 Å². The standard InChI is InChI=1S/C14H18F3NO2/c1-2-18-12(8-19-9-14(15,16)17)11-5-3-4-10-6-7-20-13(10)11/h3-5,12,18H,2,6-9H2,1H3. The lowest BCUT2D eigenvalue weighted by Gasteiger charge is -2.21. The highest BCUT2D eigenvalue weighted by atomic mass is 19.4. The van der Waals surface area contributed by atoms with Crippen molar-refractivity contribution in [2.45, 2.75) is 25.6 Å². The Labute approximate surface area is 116 Å². The number of para-hydroxylation sites is 1. The first-order valence-corrected chi connectivity index (χ1v) is 6.63. The summed E-state index contributed by atoms with van der Waals surface area (Å²) in [6.45, 7) is 1.90. The van der Waals surface area contributed by atoms with Gasteiger partial charge in [-0.1, -0.05) is 25.1 Å². The molecule has 1 aromatic rings. The molecule has 0 saturated heterocycles. The minimum Gasteiger partial charge on any atom is -0.493 e. The molecule has 112 valence electrons. The highest BCUT2D eigenvalue weighted by molar-refractivity contribution is 5.45. The third kappa shape index (κ3) is 3.86. The number of likely N-dealkylation sites (N-methyl/N-ethyl adjacent to an activating group) is 1. The molecule has 0 bridgehead atoms. The maximum Gasteiger partial charge on any atom is 0.411 e. The van der Waals surface area contributed by atoms with Crippen LogP contribution in [0.1, 0.15) is 24.1 Å². The lowest BCUT2D eigenvalue weighted by Crippen LogP contribution is -2.28. The summed E-state index contributed by atoms with van der Waals surface area (Å²) in [7, 11) is 0. The van der Waals surface area contributed by atoms with Crippen LogP contribution < -0.4 is 10.1 Å². The monoisotopic (exact) mass is 289 g/mol. The third-order valence-electron chi connectivity index (χ3n) is 3.12. The lowest BCUT2D eigenvalue weighted by molar-refractivity contribution is -0.175. The summed E-state index contributed by atoms with van der Waals surface area (Å²) < 4.78 is 46.8. The Morgan fingerprint density at radius 2 is 2.20 bits per heavy atom. The van der Waals surface area contributed by atoms with Gasteiger partial charge in [0.05, 0.1) is 19.3 Å². The molecule has 1 aliphatic rings. The maximum absolute atomic E-state index is 12.1. The van der Waals surface area contributed by atoms with E-state index in [9.17, 15) is 13.2 Å². The van der Waals surface area contributed by atoms with E-state index in [0.717, 1.165) is 23.3 Å². The molecule has 1 heterocycles. The van der Waals surface area contributed by atoms with E-state index in [-0.39, 0.29) is 12.6 Å². The Balaban J connectivity index is 2.07. The molecule has 1 N–H and O–H groups in total. The molecule has 0 aromatic heterocycles. The molecule has 6 heteroatoms. The Hall–Kier alpha value is -1.27. The van der Waals surface area contributed by atoms with Crippen molar-refractivity contribution < 1.29 is 22.6 Å². The summed E-state index contributed by atoms with van der Waals surface area (Å²) in [4.78, 5) is 0. The van der Waals surface area contributed by atoms with Crippen LogP contribution in [0.4, 0.5) is 13.2 Å². The van der Waals surface area contributed by atoms with E-state index in [1.165, 1.54) is 0 Å². The SMILES string of the molecule is CCNC(COCC(F)(F)F)c1cccc2c1OCC2. The number of rotatable bonds is 6. The maximum atomic E-state index is 12.1. The molecular weight excluding hydrogens is 271 g/mol. The number of benzene rings is 1. The van der Waals surface area contributed by atoms with Crippen molar-refractivity contribution in [3.8, 4) is 5.75 Å². The second-order valence-electron chi connectivity index (χ2n) is 4.67. The van der Waals surface area contributed by atoms with Crippen LogP contribution >= 0.6 is 0 Å². The number of nitrogens with one attached hydrogen (secondary N) is 1. The van der Waals surface area contributed by atoms with Crippen molar-refractivity contribution in [1.29, 1.82) is 0 Å². The average Bonchev–Trinajstić information content (AvgIpc) is 2.84. The molecule has 20 heavy (non-hydrogen) atoms. The van der Waals surface area contributed by atoms with Crippen LogP contribution in [0.5, 0.6) is 5.75 Å². The molecule has 0 amide bonds. The fourth-order valence-electron chi connectivity index (χ4n) is 2.31. The molecular formula is C14H18F3NO2. The Morgan fingerprint density at radius 1 is 1.40 bits per heavy atom. The normalized spacial score (nSPS) is 15.8. The van der Waals surface area contributed by atoms with Crippen LogP contribution in [0.25, 0.3) is 0 Å². The smallest absolute Gasteiger partial charge is 0.411 e. The predicted molar refractivity (Wildman–Crippen MR) is 68.9 cm³/mol. The van der Waals surface area contributed by atoms with E-state index >= 15 is 0 Å². The van der Waals surface area contributed by atoms with Gasteiger partial charge in [0.2, 0.25) is 0 Å². The fraction of sp³-hybridized carbons (Fsp3) is 0.571. The zero-order valence-electron chi connectivity index (χ0n) is 11.3. The van der Waals surface area contributed by atoms with Crippen molar-refractivity contribution in [2.24, 2.45) is 0 Å². The summed E-state index contributed by atoms with van der Waals surface area (Å²) in [6.07, 6.45) is -3.46. The zero-order chi connectivity index (χ0) is 14.6. The van der Waals surface area contributed by atoms with Crippen molar-refractivity contribution in [2.75, 3.05) is 26.4 Å². The van der Waals surface area contributed by atoms with Gasteiger partial charge in [-0.15, -0.1) is 0 Å². The molecule has 0 fully saturated rings. The Morgan fingerprint density at radius 3 is 2.90 bits per heavy atom. The summed E-state index contributed by atoms with van der Waals surface area (Å²) in [6, 6.07) is 5.45. The summed E-state index contributed by atoms with van der Waals surface area (Å²) in [5, 5.41) is 3.14. The van der Waals surface area contributed by atoms with Crippen LogP contribution in [-0.4, -0.2) is 32.5 Å². The summed E-state index contributed by atoms with van der Waals surface area (Å²) in [5.41, 5.74) is 1.96. The van der Waals surface area contributed by atoms with Gasteiger partial charge in [0.1, 0.15) is 12.4 Å². The molecule has 1 atom stereocenters. The molecule has 0 radical (unpaired) electrons. The summed E-state index contributed by atoms with van der Waals surface area (Å²) >= 11 is 0. The van der Waals surface area contributed by atoms with Gasteiger partial charge in [0.25, 0.3) is 0 Å². The lowest BCUT2D eigenvalue weighted by atomic mass is 10.0. The van der Waals surface area contributed by atoms with Crippen LogP contribution in [-0.2, 0) is 11.2 Å². The van der Waals surface area contributed by atoms with Gasteiger partial charge in [-0.25, -0.2) is 0 Å². The molecule has 0 aliphatic carbocycles. The van der Waals surface area contributed by atoms with Crippen molar-refractivity contribution in [3.63, 3.8) is 0 Å². The average molecular weight is 289 g/mol. The van der Waals surface area contributed by atoms with Crippen LogP contribution in [0.2, 0.25) is 0 Å². The van der Waals surface area contributed by atoms with Gasteiger partial charge in [-0.3, -0.25) is 0 Å².